The van der Waals surface area contributed by atoms with Crippen LogP contribution >= 0.6 is 23.2 Å². The van der Waals surface area contributed by atoms with Crippen molar-refractivity contribution in [1.82, 2.24) is 9.97 Å². The molecule has 7 nitrogen and oxygen atoms in total. The molecule has 0 spiro atoms. The third-order valence-electron chi connectivity index (χ3n) is 2.50. The van der Waals surface area contributed by atoms with Gasteiger partial charge in [-0.05, 0) is 30.2 Å². The van der Waals surface area contributed by atoms with Gasteiger partial charge in [0, 0.05) is 12.1 Å². The van der Waals surface area contributed by atoms with Gasteiger partial charge in [0.15, 0.2) is 0 Å². The second-order valence-electron chi connectivity index (χ2n) is 4.08. The maximum Gasteiger partial charge on any atom is 0.282 e. The summed E-state index contributed by atoms with van der Waals surface area (Å²) in [6.45, 7) is 1.72. The van der Waals surface area contributed by atoms with Gasteiger partial charge in [-0.3, -0.25) is 14.9 Å². The fraction of sp³-hybridized carbons (Fsp3) is 0.0833. The van der Waals surface area contributed by atoms with Crippen LogP contribution in [0.4, 0.5) is 11.5 Å². The molecule has 9 heteroatoms. The highest BCUT2D eigenvalue weighted by atomic mass is 35.5. The number of halogens is 2. The molecule has 0 unspecified atom stereocenters. The van der Waals surface area contributed by atoms with E-state index in [9.17, 15) is 14.9 Å². The lowest BCUT2D eigenvalue weighted by Crippen LogP contribution is -2.15. The van der Waals surface area contributed by atoms with Gasteiger partial charge in [0.1, 0.15) is 16.5 Å². The van der Waals surface area contributed by atoms with Crippen molar-refractivity contribution in [1.29, 1.82) is 0 Å². The van der Waals surface area contributed by atoms with Crippen LogP contribution in [0.5, 0.6) is 0 Å². The molecule has 0 bridgehead atoms. The van der Waals surface area contributed by atoms with E-state index in [4.69, 9.17) is 23.2 Å². The number of anilines is 1. The van der Waals surface area contributed by atoms with Gasteiger partial charge in [-0.25, -0.2) is 9.97 Å². The number of nitrogens with one attached hydrogen (secondary N) is 1. The molecule has 1 amide bonds. The average Bonchev–Trinajstić information content (AvgIpc) is 2.36. The monoisotopic (exact) mass is 326 g/mol. The van der Waals surface area contributed by atoms with Crippen LogP contribution in [0.3, 0.4) is 0 Å². The molecule has 0 radical (unpaired) electrons. The van der Waals surface area contributed by atoms with E-state index in [1.165, 1.54) is 18.2 Å². The van der Waals surface area contributed by atoms with Gasteiger partial charge in [0.05, 0.1) is 4.92 Å². The lowest BCUT2D eigenvalue weighted by molar-refractivity contribution is -0.385. The molecule has 0 aliphatic heterocycles. The number of nitro benzene ring substituents is 1. The highest BCUT2D eigenvalue weighted by Crippen LogP contribution is 2.22. The van der Waals surface area contributed by atoms with Crippen LogP contribution in [0.1, 0.15) is 15.9 Å². The molecule has 0 atom stereocenters. The van der Waals surface area contributed by atoms with E-state index in [2.05, 4.69) is 15.3 Å². The normalized spacial score (nSPS) is 10.2. The molecule has 1 aromatic carbocycles. The van der Waals surface area contributed by atoms with Crippen molar-refractivity contribution >= 4 is 40.6 Å². The van der Waals surface area contributed by atoms with Crippen LogP contribution in [0.15, 0.2) is 24.3 Å². The molecule has 2 rings (SSSR count). The third-order valence-corrected chi connectivity index (χ3v) is 2.87. The predicted octanol–water partition coefficient (Wildman–Crippen LogP) is 3.25. The molecule has 1 aromatic heterocycles. The van der Waals surface area contributed by atoms with E-state index in [1.54, 1.807) is 13.0 Å². The number of aryl methyl sites for hydroxylation is 1. The van der Waals surface area contributed by atoms with Gasteiger partial charge >= 0.3 is 0 Å². The van der Waals surface area contributed by atoms with E-state index in [0.717, 1.165) is 0 Å². The van der Waals surface area contributed by atoms with Crippen molar-refractivity contribution in [3.8, 4) is 0 Å². The van der Waals surface area contributed by atoms with Crippen molar-refractivity contribution in [2.75, 3.05) is 5.32 Å². The Kier molecular flexibility index (Phi) is 4.35. The Balaban J connectivity index is 2.36. The molecule has 2 aromatic rings. The molecular formula is C12H8Cl2N4O3. The number of rotatable bonds is 3. The van der Waals surface area contributed by atoms with Crippen LogP contribution < -0.4 is 5.32 Å². The van der Waals surface area contributed by atoms with E-state index < -0.39 is 10.8 Å². The Morgan fingerprint density at radius 3 is 2.62 bits per heavy atom. The standard InChI is InChI=1S/C12H8Cl2N4O3/c1-6-2-3-8(18(20)21)7(4-6)11(19)16-10-5-9(13)15-12(14)17-10/h2-5H,1H3,(H,15,16,17,19). The summed E-state index contributed by atoms with van der Waals surface area (Å²) in [4.78, 5) is 29.9. The minimum absolute atomic E-state index is 0.0454. The summed E-state index contributed by atoms with van der Waals surface area (Å²) < 4.78 is 0. The number of aromatic nitrogens is 2. The number of carbonyl (C=O) groups is 1. The highest BCUT2D eigenvalue weighted by Gasteiger charge is 2.20. The van der Waals surface area contributed by atoms with E-state index in [1.807, 2.05) is 0 Å². The number of hydrogen-bond acceptors (Lipinski definition) is 5. The van der Waals surface area contributed by atoms with E-state index >= 15 is 0 Å². The zero-order valence-corrected chi connectivity index (χ0v) is 12.1. The Labute approximate surface area is 129 Å². The maximum absolute atomic E-state index is 12.2. The van der Waals surface area contributed by atoms with Crippen molar-refractivity contribution < 1.29 is 9.72 Å². The summed E-state index contributed by atoms with van der Waals surface area (Å²) in [6, 6.07) is 5.52. The lowest BCUT2D eigenvalue weighted by Gasteiger charge is -2.06. The molecule has 1 heterocycles. The summed E-state index contributed by atoms with van der Waals surface area (Å²) in [5, 5.41) is 13.3. The van der Waals surface area contributed by atoms with E-state index in [-0.39, 0.29) is 27.5 Å². The third kappa shape index (κ3) is 3.65. The molecule has 0 aliphatic rings. The van der Waals surface area contributed by atoms with Gasteiger partial charge in [-0.2, -0.15) is 0 Å². The number of amides is 1. The Morgan fingerprint density at radius 2 is 2.00 bits per heavy atom. The summed E-state index contributed by atoms with van der Waals surface area (Å²) >= 11 is 11.3. The molecule has 0 saturated carbocycles. The van der Waals surface area contributed by atoms with Crippen molar-refractivity contribution in [2.45, 2.75) is 6.92 Å². The Hall–Kier alpha value is -2.25. The molecule has 0 aliphatic carbocycles. The van der Waals surface area contributed by atoms with Crippen LogP contribution in [-0.2, 0) is 0 Å². The summed E-state index contributed by atoms with van der Waals surface area (Å²) in [5.74, 6) is -0.628. The first kappa shape index (κ1) is 15.1. The first-order valence-electron chi connectivity index (χ1n) is 5.63. The Bertz CT molecular complexity index is 716. The van der Waals surface area contributed by atoms with Crippen molar-refractivity contribution in [3.63, 3.8) is 0 Å². The molecular weight excluding hydrogens is 319 g/mol. The second kappa shape index (κ2) is 6.02. The second-order valence-corrected chi connectivity index (χ2v) is 4.80. The topological polar surface area (TPSA) is 98.0 Å². The molecule has 21 heavy (non-hydrogen) atoms. The van der Waals surface area contributed by atoms with Gasteiger partial charge in [-0.15, -0.1) is 0 Å². The van der Waals surface area contributed by atoms with Gasteiger partial charge in [0.2, 0.25) is 5.28 Å². The van der Waals surface area contributed by atoms with Crippen molar-refractivity contribution in [3.05, 3.63) is 55.9 Å². The summed E-state index contributed by atoms with van der Waals surface area (Å²) in [5.41, 5.74) is 0.333. The lowest BCUT2D eigenvalue weighted by atomic mass is 10.1. The molecule has 108 valence electrons. The maximum atomic E-state index is 12.2. The average molecular weight is 327 g/mol. The first-order valence-corrected chi connectivity index (χ1v) is 6.39. The predicted molar refractivity (Wildman–Crippen MR) is 77.8 cm³/mol. The number of hydrogen-bond donors (Lipinski definition) is 1. The zero-order valence-electron chi connectivity index (χ0n) is 10.6. The largest absolute Gasteiger partial charge is 0.306 e. The van der Waals surface area contributed by atoms with E-state index in [0.29, 0.717) is 5.56 Å². The smallest absolute Gasteiger partial charge is 0.282 e. The van der Waals surface area contributed by atoms with Gasteiger partial charge in [0.25, 0.3) is 11.6 Å². The molecule has 0 saturated heterocycles. The number of nitro groups is 1. The van der Waals surface area contributed by atoms with Crippen LogP contribution in [0, 0.1) is 17.0 Å². The van der Waals surface area contributed by atoms with Crippen molar-refractivity contribution in [2.24, 2.45) is 0 Å². The van der Waals surface area contributed by atoms with Gasteiger partial charge < -0.3 is 5.32 Å². The first-order chi connectivity index (χ1) is 9.86. The van der Waals surface area contributed by atoms with Gasteiger partial charge in [-0.1, -0.05) is 17.7 Å². The fourth-order valence-electron chi connectivity index (χ4n) is 1.63. The zero-order chi connectivity index (χ0) is 15.6. The summed E-state index contributed by atoms with van der Waals surface area (Å²) in [7, 11) is 0. The molecule has 0 fully saturated rings. The minimum Gasteiger partial charge on any atom is -0.306 e. The van der Waals surface area contributed by atoms with Crippen LogP contribution in [0.25, 0.3) is 0 Å². The Morgan fingerprint density at radius 1 is 1.29 bits per heavy atom. The molecule has 1 N–H and O–H groups in total. The highest BCUT2D eigenvalue weighted by molar-refractivity contribution is 6.32. The van der Waals surface area contributed by atoms with Crippen LogP contribution in [0.2, 0.25) is 10.4 Å². The minimum atomic E-state index is -0.684. The number of nitrogens with zero attached hydrogens (tertiary/aromatic N) is 3. The number of benzene rings is 1. The SMILES string of the molecule is Cc1ccc([N+](=O)[O-])c(C(=O)Nc2cc(Cl)nc(Cl)n2)c1. The summed E-state index contributed by atoms with van der Waals surface area (Å²) in [6.07, 6.45) is 0. The fourth-order valence-corrected chi connectivity index (χ4v) is 2.04. The van der Waals surface area contributed by atoms with Crippen LogP contribution in [-0.4, -0.2) is 20.8 Å². The number of carbonyl (C=O) groups excluding carboxylic acids is 1. The quantitative estimate of drug-likeness (QED) is 0.404.